The Morgan fingerprint density at radius 3 is 2.85 bits per heavy atom. The fourth-order valence-corrected chi connectivity index (χ4v) is 4.82. The third kappa shape index (κ3) is 4.07. The summed E-state index contributed by atoms with van der Waals surface area (Å²) in [5.41, 5.74) is 5.62. The second kappa shape index (κ2) is 8.78. The number of aromatic amines is 1. The summed E-state index contributed by atoms with van der Waals surface area (Å²) in [4.78, 5) is 53.8. The zero-order chi connectivity index (χ0) is 23.8. The number of aryl methyl sites for hydroxylation is 2. The van der Waals surface area contributed by atoms with Crippen molar-refractivity contribution in [3.63, 3.8) is 0 Å². The first-order valence-corrected chi connectivity index (χ1v) is 11.5. The molecule has 0 radical (unpaired) electrons. The number of benzene rings is 2. The van der Waals surface area contributed by atoms with E-state index in [1.807, 2.05) is 24.4 Å². The van der Waals surface area contributed by atoms with Crippen molar-refractivity contribution in [3.05, 3.63) is 70.4 Å². The Morgan fingerprint density at radius 1 is 1.18 bits per heavy atom. The average molecular weight is 459 g/mol. The molecule has 3 heterocycles. The number of aromatic nitrogens is 1. The highest BCUT2D eigenvalue weighted by Gasteiger charge is 2.39. The van der Waals surface area contributed by atoms with Crippen LogP contribution in [0.3, 0.4) is 0 Å². The largest absolute Gasteiger partial charge is 0.361 e. The van der Waals surface area contributed by atoms with E-state index in [4.69, 9.17) is 0 Å². The van der Waals surface area contributed by atoms with E-state index in [1.165, 1.54) is 10.5 Å². The van der Waals surface area contributed by atoms with E-state index >= 15 is 0 Å². The lowest BCUT2D eigenvalue weighted by molar-refractivity contribution is -0.137. The molecule has 3 aromatic rings. The van der Waals surface area contributed by atoms with Crippen LogP contribution in [0, 0.1) is 6.92 Å². The highest BCUT2D eigenvalue weighted by Crippen LogP contribution is 2.28. The summed E-state index contributed by atoms with van der Waals surface area (Å²) in [5, 5.41) is 6.39. The number of nitrogens with one attached hydrogen (secondary N) is 3. The molecular weight excluding hydrogens is 432 g/mol. The smallest absolute Gasteiger partial charge is 0.255 e. The van der Waals surface area contributed by atoms with Crippen molar-refractivity contribution in [3.8, 4) is 0 Å². The second-order valence-electron chi connectivity index (χ2n) is 8.98. The Hall–Kier alpha value is -3.94. The number of hydrogen-bond acceptors (Lipinski definition) is 4. The summed E-state index contributed by atoms with van der Waals surface area (Å²) in [5.74, 6) is -0.996. The molecule has 5 rings (SSSR count). The van der Waals surface area contributed by atoms with Gasteiger partial charge in [0.05, 0.1) is 0 Å². The fraction of sp³-hybridized carbons (Fsp3) is 0.308. The van der Waals surface area contributed by atoms with Crippen LogP contribution in [-0.2, 0) is 33.9 Å². The van der Waals surface area contributed by atoms with Crippen molar-refractivity contribution in [1.82, 2.24) is 20.5 Å². The number of amides is 4. The van der Waals surface area contributed by atoms with E-state index in [0.717, 1.165) is 27.6 Å². The second-order valence-corrected chi connectivity index (χ2v) is 8.98. The molecule has 1 saturated heterocycles. The number of para-hydroxylation sites is 1. The highest BCUT2D eigenvalue weighted by molar-refractivity contribution is 6.05. The Balaban J connectivity index is 1.18. The predicted octanol–water partition coefficient (Wildman–Crippen LogP) is 2.49. The molecule has 3 N–H and O–H groups in total. The summed E-state index contributed by atoms with van der Waals surface area (Å²) < 4.78 is 0. The zero-order valence-electron chi connectivity index (χ0n) is 18.9. The van der Waals surface area contributed by atoms with Gasteiger partial charge in [-0.1, -0.05) is 30.3 Å². The molecule has 174 valence electrons. The maximum atomic E-state index is 12.9. The molecule has 34 heavy (non-hydrogen) atoms. The minimum absolute atomic E-state index is 0.0565. The van der Waals surface area contributed by atoms with E-state index < -0.39 is 11.9 Å². The number of rotatable bonds is 6. The molecule has 2 aliphatic rings. The van der Waals surface area contributed by atoms with Gasteiger partial charge in [-0.15, -0.1) is 0 Å². The lowest BCUT2D eigenvalue weighted by Crippen LogP contribution is -2.52. The van der Waals surface area contributed by atoms with Crippen LogP contribution in [0.1, 0.15) is 51.9 Å². The van der Waals surface area contributed by atoms with Gasteiger partial charge < -0.3 is 15.2 Å². The maximum absolute atomic E-state index is 12.9. The molecule has 1 unspecified atom stereocenters. The summed E-state index contributed by atoms with van der Waals surface area (Å²) in [6.07, 6.45) is 3.54. The van der Waals surface area contributed by atoms with E-state index in [0.29, 0.717) is 37.9 Å². The SMILES string of the molecule is Cc1cccc2c(CCC(=O)NCc3ccc4c(c3)C(=O)N(C3CCC(=O)NC3=O)C4)c[nH]c12. The van der Waals surface area contributed by atoms with Crippen molar-refractivity contribution >= 4 is 34.5 Å². The lowest BCUT2D eigenvalue weighted by atomic mass is 10.0. The van der Waals surface area contributed by atoms with Crippen molar-refractivity contribution < 1.29 is 19.2 Å². The molecule has 4 amide bonds. The number of fused-ring (bicyclic) bond motifs is 2. The summed E-state index contributed by atoms with van der Waals surface area (Å²) in [6.45, 7) is 2.72. The van der Waals surface area contributed by atoms with Crippen LogP contribution in [0.25, 0.3) is 10.9 Å². The van der Waals surface area contributed by atoms with Crippen LogP contribution in [0.5, 0.6) is 0 Å². The number of nitrogens with zero attached hydrogens (tertiary/aromatic N) is 1. The van der Waals surface area contributed by atoms with Crippen LogP contribution in [0.4, 0.5) is 0 Å². The van der Waals surface area contributed by atoms with Crippen LogP contribution >= 0.6 is 0 Å². The van der Waals surface area contributed by atoms with Gasteiger partial charge in [0.2, 0.25) is 17.7 Å². The fourth-order valence-electron chi connectivity index (χ4n) is 4.82. The third-order valence-corrected chi connectivity index (χ3v) is 6.71. The van der Waals surface area contributed by atoms with Crippen molar-refractivity contribution in [2.75, 3.05) is 0 Å². The number of piperidine rings is 1. The molecule has 0 bridgehead atoms. The van der Waals surface area contributed by atoms with E-state index in [1.54, 1.807) is 6.07 Å². The van der Waals surface area contributed by atoms with Gasteiger partial charge in [0, 0.05) is 48.6 Å². The summed E-state index contributed by atoms with van der Waals surface area (Å²) >= 11 is 0. The van der Waals surface area contributed by atoms with Crippen LogP contribution < -0.4 is 10.6 Å². The minimum atomic E-state index is -0.631. The van der Waals surface area contributed by atoms with Gasteiger partial charge in [-0.25, -0.2) is 0 Å². The lowest BCUT2D eigenvalue weighted by Gasteiger charge is -2.29. The van der Waals surface area contributed by atoms with Gasteiger partial charge in [0.25, 0.3) is 5.91 Å². The molecule has 8 heteroatoms. The maximum Gasteiger partial charge on any atom is 0.255 e. The Bertz CT molecular complexity index is 1330. The number of imide groups is 1. The van der Waals surface area contributed by atoms with Gasteiger partial charge >= 0.3 is 0 Å². The van der Waals surface area contributed by atoms with Crippen molar-refractivity contribution in [2.24, 2.45) is 0 Å². The molecule has 8 nitrogen and oxygen atoms in total. The number of carbonyl (C=O) groups is 4. The molecule has 0 aliphatic carbocycles. The normalized spacial score (nSPS) is 17.7. The van der Waals surface area contributed by atoms with Gasteiger partial charge in [0.15, 0.2) is 0 Å². The van der Waals surface area contributed by atoms with Gasteiger partial charge in [-0.05, 0) is 48.1 Å². The minimum Gasteiger partial charge on any atom is -0.361 e. The highest BCUT2D eigenvalue weighted by atomic mass is 16.2. The first-order valence-electron chi connectivity index (χ1n) is 11.5. The standard InChI is InChI=1S/C26H26N4O4/c1-15-3-2-4-19-17(13-28-24(15)19)7-9-22(31)27-12-16-5-6-18-14-30(26(34)20(18)11-16)21-8-10-23(32)29-25(21)33/h2-6,11,13,21,28H,7-10,12,14H2,1H3,(H,27,31)(H,29,32,33). The molecule has 0 saturated carbocycles. The van der Waals surface area contributed by atoms with Crippen LogP contribution in [-0.4, -0.2) is 39.6 Å². The third-order valence-electron chi connectivity index (χ3n) is 6.71. The van der Waals surface area contributed by atoms with E-state index in [9.17, 15) is 19.2 Å². The number of carbonyl (C=O) groups excluding carboxylic acids is 4. The Kier molecular flexibility index (Phi) is 5.65. The predicted molar refractivity (Wildman–Crippen MR) is 126 cm³/mol. The molecule has 2 aromatic carbocycles. The van der Waals surface area contributed by atoms with Gasteiger partial charge in [-0.2, -0.15) is 0 Å². The van der Waals surface area contributed by atoms with E-state index in [2.05, 4.69) is 34.7 Å². The molecule has 1 aromatic heterocycles. The Labute approximate surface area is 196 Å². The Morgan fingerprint density at radius 2 is 2.03 bits per heavy atom. The number of H-pyrrole nitrogens is 1. The molecular formula is C26H26N4O4. The first-order chi connectivity index (χ1) is 16.4. The van der Waals surface area contributed by atoms with Crippen LogP contribution in [0.2, 0.25) is 0 Å². The monoisotopic (exact) mass is 458 g/mol. The molecule has 1 atom stereocenters. The molecule has 0 spiro atoms. The quantitative estimate of drug-likeness (QED) is 0.493. The van der Waals surface area contributed by atoms with Crippen LogP contribution in [0.15, 0.2) is 42.6 Å². The van der Waals surface area contributed by atoms with Gasteiger partial charge in [0.1, 0.15) is 6.04 Å². The topological polar surface area (TPSA) is 111 Å². The van der Waals surface area contributed by atoms with Gasteiger partial charge in [-0.3, -0.25) is 24.5 Å². The summed E-state index contributed by atoms with van der Waals surface area (Å²) in [6, 6.07) is 11.1. The zero-order valence-corrected chi connectivity index (χ0v) is 18.9. The molecule has 1 fully saturated rings. The summed E-state index contributed by atoms with van der Waals surface area (Å²) in [7, 11) is 0. The van der Waals surface area contributed by atoms with Crippen molar-refractivity contribution in [2.45, 2.75) is 51.7 Å². The average Bonchev–Trinajstić information content (AvgIpc) is 3.38. The first kappa shape index (κ1) is 21.9. The van der Waals surface area contributed by atoms with E-state index in [-0.39, 0.29) is 24.1 Å². The number of hydrogen-bond donors (Lipinski definition) is 3. The van der Waals surface area contributed by atoms with Crippen molar-refractivity contribution in [1.29, 1.82) is 0 Å². The molecule has 2 aliphatic heterocycles.